The van der Waals surface area contributed by atoms with Crippen LogP contribution >= 0.6 is 0 Å². The predicted octanol–water partition coefficient (Wildman–Crippen LogP) is 6.88. The Morgan fingerprint density at radius 2 is 1.69 bits per heavy atom. The number of fused-ring (bicyclic) bond motifs is 2. The molecule has 0 unspecified atom stereocenters. The van der Waals surface area contributed by atoms with Crippen LogP contribution in [0.1, 0.15) is 48.9 Å². The average Bonchev–Trinajstić information content (AvgIpc) is 3.23. The highest BCUT2D eigenvalue weighted by molar-refractivity contribution is 5.88. The third-order valence-corrected chi connectivity index (χ3v) is 7.24. The lowest BCUT2D eigenvalue weighted by atomic mass is 9.69. The zero-order valence-electron chi connectivity index (χ0n) is 19.3. The van der Waals surface area contributed by atoms with Crippen molar-refractivity contribution in [3.8, 4) is 11.1 Å². The molecule has 9 heteroatoms. The molecular weight excluding hydrogens is 469 g/mol. The minimum absolute atomic E-state index is 0.116. The van der Waals surface area contributed by atoms with Gasteiger partial charge in [-0.15, -0.1) is 4.91 Å². The molecule has 2 aliphatic carbocycles. The molecule has 3 aromatic rings. The van der Waals surface area contributed by atoms with Gasteiger partial charge >= 0.3 is 12.1 Å². The van der Waals surface area contributed by atoms with Gasteiger partial charge in [-0.25, -0.2) is 9.97 Å². The molecular formula is C27H23F3N4O2. The normalized spacial score (nSPS) is 19.1. The van der Waals surface area contributed by atoms with E-state index in [-0.39, 0.29) is 5.41 Å². The molecule has 36 heavy (non-hydrogen) atoms. The van der Waals surface area contributed by atoms with Crippen LogP contribution in [0.3, 0.4) is 0 Å². The zero-order chi connectivity index (χ0) is 25.3. The van der Waals surface area contributed by atoms with Crippen molar-refractivity contribution in [2.24, 2.45) is 5.18 Å². The molecule has 1 saturated carbocycles. The van der Waals surface area contributed by atoms with E-state index in [2.05, 4.69) is 38.7 Å². The van der Waals surface area contributed by atoms with Gasteiger partial charge in [0.25, 0.3) is 0 Å². The number of hydrogen-bond acceptors (Lipinski definition) is 5. The highest BCUT2D eigenvalue weighted by Crippen LogP contribution is 2.50. The number of nitrogens with one attached hydrogen (secondary N) is 1. The second-order valence-electron chi connectivity index (χ2n) is 9.37. The highest BCUT2D eigenvalue weighted by Gasteiger charge is 2.40. The number of anilines is 2. The molecule has 0 saturated heterocycles. The van der Waals surface area contributed by atoms with E-state index in [0.717, 1.165) is 67.5 Å². The van der Waals surface area contributed by atoms with Crippen molar-refractivity contribution in [1.82, 2.24) is 9.97 Å². The molecule has 0 radical (unpaired) electrons. The summed E-state index contributed by atoms with van der Waals surface area (Å²) in [7, 11) is 0. The van der Waals surface area contributed by atoms with Crippen molar-refractivity contribution >= 4 is 17.4 Å². The smallest absolute Gasteiger partial charge is 0.339 e. The molecule has 0 aliphatic heterocycles. The summed E-state index contributed by atoms with van der Waals surface area (Å²) in [6, 6.07) is 12.5. The Balaban J connectivity index is 1.28. The fourth-order valence-corrected chi connectivity index (χ4v) is 5.34. The van der Waals surface area contributed by atoms with Crippen LogP contribution in [-0.4, -0.2) is 15.9 Å². The van der Waals surface area contributed by atoms with E-state index in [4.69, 9.17) is 0 Å². The van der Waals surface area contributed by atoms with Crippen LogP contribution in [-0.2, 0) is 22.8 Å². The van der Waals surface area contributed by atoms with E-state index in [1.807, 2.05) is 6.07 Å². The fourth-order valence-electron chi connectivity index (χ4n) is 5.34. The van der Waals surface area contributed by atoms with Crippen LogP contribution in [0.5, 0.6) is 0 Å². The van der Waals surface area contributed by atoms with E-state index >= 15 is 0 Å². The second-order valence-corrected chi connectivity index (χ2v) is 9.37. The minimum atomic E-state index is -4.47. The van der Waals surface area contributed by atoms with Crippen molar-refractivity contribution in [3.05, 3.63) is 88.2 Å². The summed E-state index contributed by atoms with van der Waals surface area (Å²) < 4.78 is 38.1. The lowest BCUT2D eigenvalue weighted by Crippen LogP contribution is -2.27. The first kappa shape index (κ1) is 23.8. The first-order valence-electron chi connectivity index (χ1n) is 11.7. The molecule has 1 spiro atoms. The number of rotatable bonds is 4. The van der Waals surface area contributed by atoms with Crippen LogP contribution in [0, 0.1) is 4.91 Å². The Labute approximate surface area is 205 Å². The van der Waals surface area contributed by atoms with Crippen LogP contribution in [0.4, 0.5) is 24.7 Å². The molecule has 5 rings (SSSR count). The average molecular weight is 493 g/mol. The number of hydrogen-bond donors (Lipinski definition) is 1. The van der Waals surface area contributed by atoms with Crippen LogP contribution < -0.4 is 5.32 Å². The monoisotopic (exact) mass is 492 g/mol. The number of aryl methyl sites for hydroxylation is 1. The van der Waals surface area contributed by atoms with Gasteiger partial charge < -0.3 is 5.32 Å². The topological polar surface area (TPSA) is 84.3 Å². The maximum Gasteiger partial charge on any atom is 0.433 e. The molecule has 1 fully saturated rings. The molecule has 1 N–H and O–H groups in total. The first-order chi connectivity index (χ1) is 17.3. The SMILES string of the molecule is O=NC(=O)C=C1CCC2(CC1)CCc1cc(-c3ccc(Nc4ccc(C(F)(F)F)nc4)nc3)ccc12. The van der Waals surface area contributed by atoms with Crippen molar-refractivity contribution in [2.45, 2.75) is 50.1 Å². The summed E-state index contributed by atoms with van der Waals surface area (Å²) in [6.45, 7) is 0. The van der Waals surface area contributed by atoms with E-state index < -0.39 is 17.8 Å². The summed E-state index contributed by atoms with van der Waals surface area (Å²) in [5.41, 5.74) is 5.29. The van der Waals surface area contributed by atoms with Crippen molar-refractivity contribution in [2.75, 3.05) is 5.32 Å². The Kier molecular flexibility index (Phi) is 6.15. The largest absolute Gasteiger partial charge is 0.433 e. The Bertz CT molecular complexity index is 1320. The number of carbonyl (C=O) groups excluding carboxylic acids is 1. The lowest BCUT2D eigenvalue weighted by molar-refractivity contribution is -0.141. The van der Waals surface area contributed by atoms with Crippen LogP contribution in [0.25, 0.3) is 11.1 Å². The lowest BCUT2D eigenvalue weighted by Gasteiger charge is -2.35. The van der Waals surface area contributed by atoms with Crippen molar-refractivity contribution in [3.63, 3.8) is 0 Å². The van der Waals surface area contributed by atoms with Gasteiger partial charge in [0.2, 0.25) is 0 Å². The van der Waals surface area contributed by atoms with Crippen LogP contribution in [0.2, 0.25) is 0 Å². The van der Waals surface area contributed by atoms with Gasteiger partial charge in [-0.1, -0.05) is 23.8 Å². The fraction of sp³-hybridized carbons (Fsp3) is 0.296. The Hall–Kier alpha value is -3.88. The predicted molar refractivity (Wildman–Crippen MR) is 130 cm³/mol. The van der Waals surface area contributed by atoms with Crippen LogP contribution in [0.15, 0.2) is 71.7 Å². The number of amides is 1. The molecule has 2 aromatic heterocycles. The maximum absolute atomic E-state index is 12.7. The van der Waals surface area contributed by atoms with Gasteiger partial charge in [-0.2, -0.15) is 13.2 Å². The third kappa shape index (κ3) is 4.78. The molecule has 6 nitrogen and oxygen atoms in total. The highest BCUT2D eigenvalue weighted by atomic mass is 19.4. The number of allylic oxidation sites excluding steroid dienone is 1. The summed E-state index contributed by atoms with van der Waals surface area (Å²) >= 11 is 0. The van der Waals surface area contributed by atoms with E-state index in [0.29, 0.717) is 11.5 Å². The maximum atomic E-state index is 12.7. The third-order valence-electron chi connectivity index (χ3n) is 7.24. The number of benzene rings is 1. The molecule has 2 aliphatic rings. The van der Waals surface area contributed by atoms with Crippen molar-refractivity contribution in [1.29, 1.82) is 0 Å². The molecule has 184 valence electrons. The summed E-state index contributed by atoms with van der Waals surface area (Å²) in [4.78, 5) is 29.6. The number of nitroso groups, excluding NO2 is 1. The molecule has 1 aromatic carbocycles. The number of aromatic nitrogens is 2. The van der Waals surface area contributed by atoms with Gasteiger partial charge in [0.15, 0.2) is 0 Å². The molecule has 2 heterocycles. The molecule has 0 atom stereocenters. The number of halogens is 3. The van der Waals surface area contributed by atoms with Crippen molar-refractivity contribution < 1.29 is 18.0 Å². The van der Waals surface area contributed by atoms with E-state index in [1.165, 1.54) is 23.3 Å². The second kappa shape index (κ2) is 9.29. The minimum Gasteiger partial charge on any atom is -0.339 e. The standard InChI is InChI=1S/C27H23F3N4O2/c28-27(29,30)23-5-3-21(16-31-23)33-24-6-2-20(15-32-24)18-1-4-22-19(14-18)9-12-26(22)10-7-17(8-11-26)13-25(35)34-36/h1-6,13-16H,7-12H2,(H,32,33). The Morgan fingerprint density at radius 3 is 2.33 bits per heavy atom. The number of pyridine rings is 2. The van der Waals surface area contributed by atoms with Gasteiger partial charge in [-0.05, 0) is 84.9 Å². The zero-order valence-corrected chi connectivity index (χ0v) is 19.3. The van der Waals surface area contributed by atoms with Gasteiger partial charge in [0.1, 0.15) is 11.5 Å². The first-order valence-corrected chi connectivity index (χ1v) is 11.7. The summed E-state index contributed by atoms with van der Waals surface area (Å²) in [5, 5.41) is 5.44. The number of alkyl halides is 3. The number of nitrogens with zero attached hydrogens (tertiary/aromatic N) is 3. The molecule has 0 bridgehead atoms. The Morgan fingerprint density at radius 1 is 0.944 bits per heavy atom. The summed E-state index contributed by atoms with van der Waals surface area (Å²) in [6.07, 6.45) is 5.36. The van der Waals surface area contributed by atoms with Gasteiger partial charge in [0.05, 0.1) is 11.9 Å². The van der Waals surface area contributed by atoms with E-state index in [9.17, 15) is 22.9 Å². The quantitative estimate of drug-likeness (QED) is 0.317. The van der Waals surface area contributed by atoms with E-state index in [1.54, 1.807) is 12.3 Å². The van der Waals surface area contributed by atoms with Gasteiger partial charge in [-0.3, -0.25) is 4.79 Å². The van der Waals surface area contributed by atoms with Gasteiger partial charge in [0, 0.05) is 23.0 Å². The number of carbonyl (C=O) groups is 1. The molecule has 1 amide bonds. The summed E-state index contributed by atoms with van der Waals surface area (Å²) in [5.74, 6) is -0.196.